The highest BCUT2D eigenvalue weighted by atomic mass is 35.5. The van der Waals surface area contributed by atoms with Crippen LogP contribution in [0.1, 0.15) is 5.69 Å². The van der Waals surface area contributed by atoms with Gasteiger partial charge in [-0.1, -0.05) is 33.8 Å². The van der Waals surface area contributed by atoms with Gasteiger partial charge in [-0.3, -0.25) is 0 Å². The van der Waals surface area contributed by atoms with Crippen molar-refractivity contribution >= 4 is 34.7 Å². The van der Waals surface area contributed by atoms with Gasteiger partial charge >= 0.3 is 0 Å². The molecule has 0 atom stereocenters. The summed E-state index contributed by atoms with van der Waals surface area (Å²) >= 11 is 13.1. The van der Waals surface area contributed by atoms with Crippen LogP contribution in [0.4, 0.5) is 0 Å². The van der Waals surface area contributed by atoms with E-state index >= 15 is 0 Å². The molecular weight excluding hydrogens is 255 g/mol. The Morgan fingerprint density at radius 2 is 2.00 bits per heavy atom. The van der Waals surface area contributed by atoms with Gasteiger partial charge in [0.05, 0.1) is 10.0 Å². The zero-order valence-corrected chi connectivity index (χ0v) is 9.81. The number of rotatable bonds is 3. The molecule has 15 heavy (non-hydrogen) atoms. The molecule has 0 aliphatic heterocycles. The average Bonchev–Trinajstić information content (AvgIpc) is 2.70. The van der Waals surface area contributed by atoms with E-state index < -0.39 is 0 Å². The molecule has 2 aromatic rings. The first-order valence-electron chi connectivity index (χ1n) is 4.10. The Morgan fingerprint density at radius 3 is 2.60 bits per heavy atom. The van der Waals surface area contributed by atoms with Gasteiger partial charge in [-0.05, 0) is 23.7 Å². The van der Waals surface area contributed by atoms with Crippen molar-refractivity contribution < 1.29 is 4.74 Å². The Morgan fingerprint density at radius 1 is 1.27 bits per heavy atom. The van der Waals surface area contributed by atoms with E-state index in [1.165, 1.54) is 11.5 Å². The van der Waals surface area contributed by atoms with Crippen molar-refractivity contribution in [2.75, 3.05) is 0 Å². The summed E-state index contributed by atoms with van der Waals surface area (Å²) < 4.78 is 9.18. The Hall–Kier alpha value is -0.840. The van der Waals surface area contributed by atoms with E-state index in [9.17, 15) is 0 Å². The van der Waals surface area contributed by atoms with E-state index in [-0.39, 0.29) is 0 Å². The first kappa shape index (κ1) is 10.7. The van der Waals surface area contributed by atoms with Gasteiger partial charge in [0.25, 0.3) is 0 Å². The van der Waals surface area contributed by atoms with E-state index in [0.29, 0.717) is 22.4 Å². The van der Waals surface area contributed by atoms with Crippen LogP contribution in [0.25, 0.3) is 0 Å². The van der Waals surface area contributed by atoms with Crippen LogP contribution in [-0.2, 0) is 6.61 Å². The minimum atomic E-state index is 0.319. The van der Waals surface area contributed by atoms with Gasteiger partial charge < -0.3 is 4.74 Å². The fourth-order valence-corrected chi connectivity index (χ4v) is 1.96. The zero-order valence-electron chi connectivity index (χ0n) is 7.48. The van der Waals surface area contributed by atoms with Crippen molar-refractivity contribution in [1.82, 2.24) is 9.59 Å². The van der Waals surface area contributed by atoms with Crippen molar-refractivity contribution in [1.29, 1.82) is 0 Å². The molecule has 0 amide bonds. The molecule has 6 heteroatoms. The van der Waals surface area contributed by atoms with Crippen LogP contribution in [0, 0.1) is 0 Å². The Balaban J connectivity index is 2.11. The quantitative estimate of drug-likeness (QED) is 0.849. The predicted octanol–water partition coefficient (Wildman–Crippen LogP) is 3.42. The van der Waals surface area contributed by atoms with Crippen molar-refractivity contribution in [2.45, 2.75) is 6.61 Å². The molecule has 78 valence electrons. The number of hydrogen-bond donors (Lipinski definition) is 0. The molecule has 1 aromatic heterocycles. The lowest BCUT2D eigenvalue weighted by molar-refractivity contribution is 0.301. The van der Waals surface area contributed by atoms with E-state index in [2.05, 4.69) is 9.59 Å². The summed E-state index contributed by atoms with van der Waals surface area (Å²) in [5.41, 5.74) is 0.760. The monoisotopic (exact) mass is 260 g/mol. The van der Waals surface area contributed by atoms with Crippen LogP contribution in [0.2, 0.25) is 10.0 Å². The lowest BCUT2D eigenvalue weighted by Crippen LogP contribution is -1.96. The highest BCUT2D eigenvalue weighted by Gasteiger charge is 2.07. The van der Waals surface area contributed by atoms with Crippen LogP contribution in [0.5, 0.6) is 5.75 Å². The van der Waals surface area contributed by atoms with Gasteiger partial charge in [0.2, 0.25) is 0 Å². The number of halogens is 2. The standard InChI is InChI=1S/C9H6Cl2N2OS/c10-7-2-1-3-8(11)9(7)14-4-6-5-15-13-12-6/h1-3,5H,4H2. The van der Waals surface area contributed by atoms with Crippen LogP contribution < -0.4 is 4.74 Å². The van der Waals surface area contributed by atoms with Crippen LogP contribution in [-0.4, -0.2) is 9.59 Å². The molecular formula is C9H6Cl2N2OS. The number of nitrogens with zero attached hydrogens (tertiary/aromatic N) is 2. The topological polar surface area (TPSA) is 35.0 Å². The Labute approximate surface area is 101 Å². The van der Waals surface area contributed by atoms with Crippen molar-refractivity contribution in [2.24, 2.45) is 0 Å². The fourth-order valence-electron chi connectivity index (χ4n) is 1.01. The molecule has 0 saturated heterocycles. The van der Waals surface area contributed by atoms with Gasteiger partial charge in [-0.25, -0.2) is 0 Å². The summed E-state index contributed by atoms with van der Waals surface area (Å²) in [6, 6.07) is 5.21. The number of aromatic nitrogens is 2. The highest BCUT2D eigenvalue weighted by molar-refractivity contribution is 7.03. The lowest BCUT2D eigenvalue weighted by atomic mass is 10.3. The number of benzene rings is 1. The third-order valence-electron chi connectivity index (χ3n) is 1.69. The summed E-state index contributed by atoms with van der Waals surface area (Å²) in [5.74, 6) is 0.480. The molecule has 0 unspecified atom stereocenters. The first-order valence-corrected chi connectivity index (χ1v) is 5.69. The van der Waals surface area contributed by atoms with E-state index in [1.807, 2.05) is 5.38 Å². The van der Waals surface area contributed by atoms with Crippen LogP contribution in [0.3, 0.4) is 0 Å². The Bertz CT molecular complexity index is 427. The molecule has 0 aliphatic carbocycles. The third kappa shape index (κ3) is 2.59. The predicted molar refractivity (Wildman–Crippen MR) is 60.7 cm³/mol. The number of para-hydroxylation sites is 1. The molecule has 0 spiro atoms. The third-order valence-corrected chi connectivity index (χ3v) is 2.84. The second-order valence-electron chi connectivity index (χ2n) is 2.74. The normalized spacial score (nSPS) is 10.3. The molecule has 0 saturated carbocycles. The summed E-state index contributed by atoms with van der Waals surface area (Å²) in [4.78, 5) is 0. The average molecular weight is 261 g/mol. The van der Waals surface area contributed by atoms with Crippen LogP contribution in [0.15, 0.2) is 23.6 Å². The molecule has 0 aliphatic rings. The summed E-state index contributed by atoms with van der Waals surface area (Å²) in [5, 5.41) is 6.64. The van der Waals surface area contributed by atoms with Crippen molar-refractivity contribution in [3.8, 4) is 5.75 Å². The molecule has 1 heterocycles. The lowest BCUT2D eigenvalue weighted by Gasteiger charge is -2.07. The summed E-state index contributed by atoms with van der Waals surface area (Å²) in [7, 11) is 0. The van der Waals surface area contributed by atoms with E-state index in [4.69, 9.17) is 27.9 Å². The van der Waals surface area contributed by atoms with Gasteiger partial charge in [0.1, 0.15) is 12.3 Å². The number of ether oxygens (including phenoxy) is 1. The summed E-state index contributed by atoms with van der Waals surface area (Å²) in [6.07, 6.45) is 0. The molecule has 3 nitrogen and oxygen atoms in total. The molecule has 2 rings (SSSR count). The fraction of sp³-hybridized carbons (Fsp3) is 0.111. The first-order chi connectivity index (χ1) is 7.27. The van der Waals surface area contributed by atoms with Crippen molar-refractivity contribution in [3.05, 3.63) is 39.3 Å². The van der Waals surface area contributed by atoms with Gasteiger partial charge in [0, 0.05) is 5.38 Å². The van der Waals surface area contributed by atoms with E-state index in [1.54, 1.807) is 18.2 Å². The maximum absolute atomic E-state index is 5.93. The number of hydrogen-bond acceptors (Lipinski definition) is 4. The van der Waals surface area contributed by atoms with Crippen LogP contribution >= 0.6 is 34.7 Å². The van der Waals surface area contributed by atoms with Gasteiger partial charge in [-0.2, -0.15) is 0 Å². The second-order valence-corrected chi connectivity index (χ2v) is 4.16. The smallest absolute Gasteiger partial charge is 0.157 e. The second kappa shape index (κ2) is 4.79. The molecule has 1 aromatic carbocycles. The zero-order chi connectivity index (χ0) is 10.7. The van der Waals surface area contributed by atoms with E-state index in [0.717, 1.165) is 5.69 Å². The minimum absolute atomic E-state index is 0.319. The largest absolute Gasteiger partial charge is 0.484 e. The van der Waals surface area contributed by atoms with Gasteiger partial charge in [0.15, 0.2) is 5.75 Å². The maximum Gasteiger partial charge on any atom is 0.157 e. The highest BCUT2D eigenvalue weighted by Crippen LogP contribution is 2.32. The molecule has 0 radical (unpaired) electrons. The van der Waals surface area contributed by atoms with Crippen molar-refractivity contribution in [3.63, 3.8) is 0 Å². The summed E-state index contributed by atoms with van der Waals surface area (Å²) in [6.45, 7) is 0.319. The maximum atomic E-state index is 5.93. The SMILES string of the molecule is Clc1cccc(Cl)c1OCc1csnn1. The molecule has 0 N–H and O–H groups in total. The van der Waals surface area contributed by atoms with Gasteiger partial charge in [-0.15, -0.1) is 5.10 Å². The minimum Gasteiger partial charge on any atom is -0.484 e. The molecule has 0 bridgehead atoms. The Kier molecular flexibility index (Phi) is 3.41. The molecule has 0 fully saturated rings.